The van der Waals surface area contributed by atoms with Crippen LogP contribution in [0.15, 0.2) is 42.5 Å². The van der Waals surface area contributed by atoms with Gasteiger partial charge in [0.05, 0.1) is 12.6 Å². The molecule has 12 atom stereocenters. The third kappa shape index (κ3) is 21.3. The van der Waals surface area contributed by atoms with Crippen LogP contribution in [0.3, 0.4) is 0 Å². The molecule has 5 N–H and O–H groups in total. The number of benzene rings is 1. The molecule has 0 aliphatic carbocycles. The number of amides is 11. The van der Waals surface area contributed by atoms with E-state index in [0.717, 1.165) is 9.80 Å². The molecule has 1 aromatic carbocycles. The first-order valence-electron chi connectivity index (χ1n) is 33.1. The van der Waals surface area contributed by atoms with Crippen molar-refractivity contribution in [3.05, 3.63) is 48.0 Å². The van der Waals surface area contributed by atoms with Gasteiger partial charge in [0, 0.05) is 55.8 Å². The Balaban J connectivity index is 3.15. The quantitative estimate of drug-likeness (QED) is 0.131. The molecular weight excluding hydrogens is 1170 g/mol. The van der Waals surface area contributed by atoms with Gasteiger partial charge >= 0.3 is 0 Å². The second-order valence-electron chi connectivity index (χ2n) is 28.1. The van der Waals surface area contributed by atoms with Crippen molar-refractivity contribution in [3.8, 4) is 0 Å². The fourth-order valence-electron chi connectivity index (χ4n) is 12.0. The number of allylic oxidation sites excluding steroid dienone is 2. The molecule has 0 unspecified atom stereocenters. The first kappa shape index (κ1) is 81.2. The van der Waals surface area contributed by atoms with Crippen molar-refractivity contribution >= 4 is 65.0 Å². The molecule has 0 saturated carbocycles. The van der Waals surface area contributed by atoms with Gasteiger partial charge < -0.3 is 60.7 Å². The SMILES string of the molecule is C/C=C/C[C@@H](C)[C@@H](O)[C@H]1C(=O)N[C@@H](CC)C(=O)N(C)CC(=O)N(C)[C@@H](CC(C)C)C(=O)N[C@@H](C(C)C)C(=O)N(C)[C@@H](CC(C)C)C(=O)N[C@@H](C)C(=O)N[C@H](C)C(=O)N(C)[C@@H](CC(C)C)C(=O)N(C)[C@@H](CC(C)C)C(=O)N(C)[C@@](Cc2ccccc2)(C(C)C)C(=O)N1C. The number of nitrogens with one attached hydrogen (secondary N) is 4. The minimum atomic E-state index is -1.84. The van der Waals surface area contributed by atoms with E-state index in [1.54, 1.807) is 59.8 Å². The zero-order valence-electron chi connectivity index (χ0n) is 60.1. The third-order valence-electron chi connectivity index (χ3n) is 18.0. The molecule has 1 heterocycles. The zero-order chi connectivity index (χ0) is 70.7. The van der Waals surface area contributed by atoms with E-state index in [1.165, 1.54) is 87.7 Å². The summed E-state index contributed by atoms with van der Waals surface area (Å²) in [5, 5.41) is 23.6. The summed E-state index contributed by atoms with van der Waals surface area (Å²) in [6, 6.07) is -2.31. The highest BCUT2D eigenvalue weighted by atomic mass is 16.3. The summed E-state index contributed by atoms with van der Waals surface area (Å²) in [5.41, 5.74) is -1.19. The molecule has 0 bridgehead atoms. The standard InChI is InChI=1S/C69H117N11O12/c1-25-27-31-46(15)58(82)57-62(86)72-50(26-2)64(88)74(18)39-55(81)75(19)51(34-40(3)4)61(85)73-56(44(11)12)67(91)76(20)52(35-41(5)6)60(84)70-47(16)59(83)71-48(17)63(87)77(21)53(36-42(7)8)65(89)78(22)54(37-43(9)10)66(90)80(24)69(45(13)14,68(92)79(57)23)38-49-32-29-28-30-33-49/h25,27-30,32-33,40-48,50-54,56-58,82H,26,31,34-39H2,1-24H3,(H,70,84)(H,71,83)(H,72,86)(H,73,85)/b27-25+/t46-,47+,48-,50+,51+,52+,53+,54+,56+,57+,58-,69+/m1/s1. The van der Waals surface area contributed by atoms with Gasteiger partial charge in [-0.3, -0.25) is 52.7 Å². The molecule has 1 aromatic rings. The Labute approximate surface area is 550 Å². The van der Waals surface area contributed by atoms with Crippen LogP contribution in [-0.2, 0) is 59.2 Å². The molecular formula is C69H117N11O12. The number of nitrogens with zero attached hydrogens (tertiary/aromatic N) is 7. The molecule has 0 aromatic heterocycles. The molecule has 2 rings (SSSR count). The van der Waals surface area contributed by atoms with Crippen molar-refractivity contribution < 1.29 is 57.8 Å². The van der Waals surface area contributed by atoms with Gasteiger partial charge in [0.1, 0.15) is 59.9 Å². The molecule has 1 aliphatic rings. The van der Waals surface area contributed by atoms with Crippen molar-refractivity contribution in [2.24, 2.45) is 41.4 Å². The highest BCUT2D eigenvalue weighted by Gasteiger charge is 2.54. The van der Waals surface area contributed by atoms with Gasteiger partial charge in [0.25, 0.3) is 0 Å². The van der Waals surface area contributed by atoms with Crippen molar-refractivity contribution in [1.82, 2.24) is 55.6 Å². The van der Waals surface area contributed by atoms with Crippen LogP contribution < -0.4 is 21.3 Å². The molecule has 1 fully saturated rings. The summed E-state index contributed by atoms with van der Waals surface area (Å²) >= 11 is 0. The van der Waals surface area contributed by atoms with Crippen LogP contribution in [0.25, 0.3) is 0 Å². The Morgan fingerprint density at radius 1 is 0.533 bits per heavy atom. The fraction of sp³-hybridized carbons (Fsp3) is 0.725. The number of hydrogen-bond acceptors (Lipinski definition) is 12. The lowest BCUT2D eigenvalue weighted by molar-refractivity contribution is -0.165. The molecule has 92 heavy (non-hydrogen) atoms. The Kier molecular flexibility index (Phi) is 32.2. The maximum absolute atomic E-state index is 16.3. The molecule has 1 saturated heterocycles. The lowest BCUT2D eigenvalue weighted by atomic mass is 9.77. The van der Waals surface area contributed by atoms with Gasteiger partial charge in [-0.25, -0.2) is 0 Å². The molecule has 23 heteroatoms. The zero-order valence-corrected chi connectivity index (χ0v) is 60.1. The summed E-state index contributed by atoms with van der Waals surface area (Å²) in [4.78, 5) is 173. The first-order chi connectivity index (χ1) is 42.7. The van der Waals surface area contributed by atoms with Crippen LogP contribution in [0, 0.1) is 41.4 Å². The highest BCUT2D eigenvalue weighted by Crippen LogP contribution is 2.35. The second kappa shape index (κ2) is 36.5. The number of aliphatic hydroxyl groups excluding tert-OH is 1. The minimum Gasteiger partial charge on any atom is -0.390 e. The molecule has 520 valence electrons. The lowest BCUT2D eigenvalue weighted by Crippen LogP contribution is -2.69. The van der Waals surface area contributed by atoms with Crippen molar-refractivity contribution in [3.63, 3.8) is 0 Å². The van der Waals surface area contributed by atoms with Gasteiger partial charge in [-0.2, -0.15) is 0 Å². The monoisotopic (exact) mass is 1290 g/mol. The van der Waals surface area contributed by atoms with E-state index in [1.807, 2.05) is 86.6 Å². The second-order valence-corrected chi connectivity index (χ2v) is 28.1. The van der Waals surface area contributed by atoms with Crippen LogP contribution in [-0.4, -0.2) is 226 Å². The maximum Gasteiger partial charge on any atom is 0.249 e. The van der Waals surface area contributed by atoms with Crippen LogP contribution in [0.2, 0.25) is 0 Å². The Morgan fingerprint density at radius 3 is 1.47 bits per heavy atom. The Hall–Kier alpha value is -6.91. The van der Waals surface area contributed by atoms with Crippen molar-refractivity contribution in [1.29, 1.82) is 0 Å². The third-order valence-corrected chi connectivity index (χ3v) is 18.0. The summed E-state index contributed by atoms with van der Waals surface area (Å²) in [7, 11) is 10.0. The van der Waals surface area contributed by atoms with Crippen LogP contribution in [0.4, 0.5) is 0 Å². The topological polar surface area (TPSA) is 279 Å². The Morgan fingerprint density at radius 2 is 0.989 bits per heavy atom. The molecule has 0 spiro atoms. The van der Waals surface area contributed by atoms with Crippen LogP contribution in [0.1, 0.15) is 162 Å². The minimum absolute atomic E-state index is 0.00434. The van der Waals surface area contributed by atoms with Gasteiger partial charge in [0.15, 0.2) is 0 Å². The molecule has 1 aliphatic heterocycles. The number of likely N-dealkylation sites (N-methyl/N-ethyl adjacent to an activating group) is 7. The average Bonchev–Trinajstić information content (AvgIpc) is 0.757. The van der Waals surface area contributed by atoms with E-state index in [2.05, 4.69) is 21.3 Å². The first-order valence-corrected chi connectivity index (χ1v) is 33.1. The predicted molar refractivity (Wildman–Crippen MR) is 358 cm³/mol. The van der Waals surface area contributed by atoms with Crippen LogP contribution in [0.5, 0.6) is 0 Å². The van der Waals surface area contributed by atoms with Gasteiger partial charge in [-0.05, 0) is 106 Å². The summed E-state index contributed by atoms with van der Waals surface area (Å²) in [5.74, 6) is -10.1. The smallest absolute Gasteiger partial charge is 0.249 e. The average molecular weight is 1290 g/mol. The van der Waals surface area contributed by atoms with Crippen molar-refractivity contribution in [2.45, 2.75) is 229 Å². The van der Waals surface area contributed by atoms with Crippen LogP contribution >= 0.6 is 0 Å². The molecule has 0 radical (unpaired) electrons. The molecule has 11 amide bonds. The lowest BCUT2D eigenvalue weighted by Gasteiger charge is -2.49. The highest BCUT2D eigenvalue weighted by molar-refractivity contribution is 6.00. The largest absolute Gasteiger partial charge is 0.390 e. The van der Waals surface area contributed by atoms with Crippen molar-refractivity contribution in [2.75, 3.05) is 55.9 Å². The van der Waals surface area contributed by atoms with E-state index >= 15 is 19.2 Å². The van der Waals surface area contributed by atoms with E-state index < -0.39 is 155 Å². The van der Waals surface area contributed by atoms with E-state index in [0.29, 0.717) is 5.56 Å². The van der Waals surface area contributed by atoms with Gasteiger partial charge in [-0.15, -0.1) is 0 Å². The van der Waals surface area contributed by atoms with Gasteiger partial charge in [-0.1, -0.05) is 139 Å². The normalized spacial score (nSPS) is 26.5. The number of aliphatic hydroxyl groups is 1. The predicted octanol–water partition coefficient (Wildman–Crippen LogP) is 4.88. The summed E-state index contributed by atoms with van der Waals surface area (Å²) in [6.07, 6.45) is 2.82. The fourth-order valence-corrected chi connectivity index (χ4v) is 12.0. The van der Waals surface area contributed by atoms with E-state index in [9.17, 15) is 38.7 Å². The summed E-state index contributed by atoms with van der Waals surface area (Å²) < 4.78 is 0. The number of carbonyl (C=O) groups excluding carboxylic acids is 11. The van der Waals surface area contributed by atoms with Gasteiger partial charge in [0.2, 0.25) is 65.0 Å². The number of carbonyl (C=O) groups is 11. The van der Waals surface area contributed by atoms with E-state index in [-0.39, 0.29) is 68.6 Å². The number of rotatable bonds is 17. The Bertz CT molecular complexity index is 2700. The number of hydrogen-bond donors (Lipinski definition) is 5. The molecule has 23 nitrogen and oxygen atoms in total. The summed E-state index contributed by atoms with van der Waals surface area (Å²) in [6.45, 7) is 29.5. The maximum atomic E-state index is 16.3. The van der Waals surface area contributed by atoms with E-state index in [4.69, 9.17) is 0 Å².